The van der Waals surface area contributed by atoms with Gasteiger partial charge in [-0.15, -0.1) is 0 Å². The molecule has 3 unspecified atom stereocenters. The first-order chi connectivity index (χ1) is 9.63. The van der Waals surface area contributed by atoms with Gasteiger partial charge in [0.15, 0.2) is 0 Å². The number of hydrogen-bond acceptors (Lipinski definition) is 3. The second-order valence-corrected chi connectivity index (χ2v) is 7.01. The zero-order chi connectivity index (χ0) is 14.1. The summed E-state index contributed by atoms with van der Waals surface area (Å²) in [6, 6.07) is 5.27. The second kappa shape index (κ2) is 5.82. The summed E-state index contributed by atoms with van der Waals surface area (Å²) < 4.78 is 0.751. The molecule has 0 heterocycles. The van der Waals surface area contributed by atoms with Gasteiger partial charge >= 0.3 is 0 Å². The van der Waals surface area contributed by atoms with E-state index in [2.05, 4.69) is 21.2 Å². The van der Waals surface area contributed by atoms with Gasteiger partial charge in [-0.3, -0.25) is 10.1 Å². The first-order valence-corrected chi connectivity index (χ1v) is 8.06. The molecular formula is C15H19BrN2O2. The summed E-state index contributed by atoms with van der Waals surface area (Å²) >= 11 is 3.28. The summed E-state index contributed by atoms with van der Waals surface area (Å²) in [5, 5.41) is 14.5. The van der Waals surface area contributed by atoms with E-state index in [0.717, 1.165) is 34.3 Å². The van der Waals surface area contributed by atoms with Crippen molar-refractivity contribution in [2.75, 3.05) is 6.54 Å². The van der Waals surface area contributed by atoms with Crippen LogP contribution in [0.5, 0.6) is 0 Å². The topological polar surface area (TPSA) is 55.2 Å². The van der Waals surface area contributed by atoms with Crippen molar-refractivity contribution in [1.29, 1.82) is 0 Å². The predicted octanol–water partition coefficient (Wildman–Crippen LogP) is 3.88. The van der Waals surface area contributed by atoms with Gasteiger partial charge in [0.05, 0.1) is 4.92 Å². The summed E-state index contributed by atoms with van der Waals surface area (Å²) in [6.07, 6.45) is 5.56. The molecule has 1 aromatic rings. The van der Waals surface area contributed by atoms with Crippen molar-refractivity contribution in [3.63, 3.8) is 0 Å². The highest BCUT2D eigenvalue weighted by Crippen LogP contribution is 2.47. The van der Waals surface area contributed by atoms with Gasteiger partial charge in [0, 0.05) is 22.6 Å². The number of nitrogens with one attached hydrogen (secondary N) is 1. The van der Waals surface area contributed by atoms with Crippen molar-refractivity contribution in [1.82, 2.24) is 5.32 Å². The smallest absolute Gasteiger partial charge is 0.275 e. The lowest BCUT2D eigenvalue weighted by Gasteiger charge is -2.21. The molecule has 1 N–H and O–H groups in total. The van der Waals surface area contributed by atoms with Gasteiger partial charge in [0.2, 0.25) is 0 Å². The fourth-order valence-electron chi connectivity index (χ4n) is 3.88. The van der Waals surface area contributed by atoms with Crippen LogP contribution in [0, 0.1) is 27.9 Å². The monoisotopic (exact) mass is 338 g/mol. The second-order valence-electron chi connectivity index (χ2n) is 6.10. The van der Waals surface area contributed by atoms with Gasteiger partial charge in [-0.25, -0.2) is 0 Å². The minimum Gasteiger partial charge on any atom is -0.312 e. The Hall–Kier alpha value is -0.940. The molecule has 3 atom stereocenters. The Kier molecular flexibility index (Phi) is 4.08. The van der Waals surface area contributed by atoms with Crippen LogP contribution in [0.25, 0.3) is 0 Å². The molecule has 0 saturated heterocycles. The van der Waals surface area contributed by atoms with E-state index in [1.54, 1.807) is 6.07 Å². The normalized spacial score (nSPS) is 27.9. The molecule has 0 aliphatic heterocycles. The van der Waals surface area contributed by atoms with E-state index >= 15 is 0 Å². The molecular weight excluding hydrogens is 320 g/mol. The fourth-order valence-corrected chi connectivity index (χ4v) is 4.22. The molecule has 0 radical (unpaired) electrons. The quantitative estimate of drug-likeness (QED) is 0.654. The van der Waals surface area contributed by atoms with Crippen LogP contribution in [0.1, 0.15) is 31.2 Å². The van der Waals surface area contributed by atoms with E-state index in [4.69, 9.17) is 0 Å². The molecule has 20 heavy (non-hydrogen) atoms. The zero-order valence-corrected chi connectivity index (χ0v) is 12.9. The Labute approximate surface area is 127 Å². The van der Waals surface area contributed by atoms with Crippen molar-refractivity contribution in [3.05, 3.63) is 38.3 Å². The number of rotatable bonds is 5. The van der Waals surface area contributed by atoms with Crippen molar-refractivity contribution >= 4 is 21.6 Å². The molecule has 2 bridgehead atoms. The Morgan fingerprint density at radius 1 is 1.35 bits per heavy atom. The van der Waals surface area contributed by atoms with Gasteiger partial charge < -0.3 is 5.32 Å². The molecule has 1 aromatic carbocycles. The Balaban J connectivity index is 1.57. The largest absolute Gasteiger partial charge is 0.312 e. The number of halogens is 1. The Morgan fingerprint density at radius 2 is 2.20 bits per heavy atom. The fraction of sp³-hybridized carbons (Fsp3) is 0.600. The highest BCUT2D eigenvalue weighted by Gasteiger charge is 2.38. The number of nitro groups is 1. The van der Waals surface area contributed by atoms with Crippen LogP contribution in [0.3, 0.4) is 0 Å². The van der Waals surface area contributed by atoms with Crippen molar-refractivity contribution < 1.29 is 4.92 Å². The van der Waals surface area contributed by atoms with Gasteiger partial charge in [0.25, 0.3) is 5.69 Å². The zero-order valence-electron chi connectivity index (χ0n) is 11.3. The number of hydrogen-bond donors (Lipinski definition) is 1. The van der Waals surface area contributed by atoms with Gasteiger partial charge in [-0.05, 0) is 55.7 Å². The third-order valence-corrected chi connectivity index (χ3v) is 5.34. The predicted molar refractivity (Wildman–Crippen MR) is 81.4 cm³/mol. The molecule has 108 valence electrons. The number of fused-ring (bicyclic) bond motifs is 2. The van der Waals surface area contributed by atoms with Crippen molar-refractivity contribution in [2.45, 2.75) is 32.2 Å². The molecule has 2 aliphatic rings. The van der Waals surface area contributed by atoms with Crippen LogP contribution < -0.4 is 5.32 Å². The third kappa shape index (κ3) is 2.88. The lowest BCUT2D eigenvalue weighted by molar-refractivity contribution is -0.385. The first-order valence-electron chi connectivity index (χ1n) is 7.27. The number of nitrogens with zero attached hydrogens (tertiary/aromatic N) is 1. The van der Waals surface area contributed by atoms with E-state index in [9.17, 15) is 10.1 Å². The van der Waals surface area contributed by atoms with E-state index in [1.165, 1.54) is 25.7 Å². The van der Waals surface area contributed by atoms with Crippen molar-refractivity contribution in [2.24, 2.45) is 17.8 Å². The average Bonchev–Trinajstić information content (AvgIpc) is 3.02. The maximum absolute atomic E-state index is 11.1. The molecule has 0 spiro atoms. The summed E-state index contributed by atoms with van der Waals surface area (Å²) in [4.78, 5) is 10.7. The first kappa shape index (κ1) is 14.0. The summed E-state index contributed by atoms with van der Waals surface area (Å²) in [5.74, 6) is 2.63. The van der Waals surface area contributed by atoms with Crippen molar-refractivity contribution in [3.8, 4) is 0 Å². The minimum atomic E-state index is -0.306. The Bertz CT molecular complexity index is 521. The SMILES string of the molecule is O=[N+]([O-])c1cc(Br)ccc1CNCC1CC2CCC1C2. The number of nitro benzene ring substituents is 1. The highest BCUT2D eigenvalue weighted by molar-refractivity contribution is 9.10. The molecule has 2 fully saturated rings. The molecule has 2 saturated carbocycles. The van der Waals surface area contributed by atoms with Crippen LogP contribution in [0.15, 0.2) is 22.7 Å². The van der Waals surface area contributed by atoms with Gasteiger partial charge in [-0.2, -0.15) is 0 Å². The van der Waals surface area contributed by atoms with E-state index in [-0.39, 0.29) is 10.6 Å². The van der Waals surface area contributed by atoms with Crippen LogP contribution in [0.4, 0.5) is 5.69 Å². The molecule has 2 aliphatic carbocycles. The van der Waals surface area contributed by atoms with Gasteiger partial charge in [-0.1, -0.05) is 22.4 Å². The maximum atomic E-state index is 11.1. The van der Waals surface area contributed by atoms with Crippen LogP contribution in [-0.4, -0.2) is 11.5 Å². The number of benzene rings is 1. The standard InChI is InChI=1S/C15H19BrN2O2/c16-14-4-3-12(15(7-14)18(19)20)8-17-9-13-6-10-1-2-11(13)5-10/h3-4,7,10-11,13,17H,1-2,5-6,8-9H2. The van der Waals surface area contributed by atoms with Crippen LogP contribution in [0.2, 0.25) is 0 Å². The molecule has 0 amide bonds. The minimum absolute atomic E-state index is 0.194. The van der Waals surface area contributed by atoms with Crippen LogP contribution >= 0.6 is 15.9 Å². The summed E-state index contributed by atoms with van der Waals surface area (Å²) in [6.45, 7) is 1.58. The summed E-state index contributed by atoms with van der Waals surface area (Å²) in [7, 11) is 0. The van der Waals surface area contributed by atoms with E-state index in [0.29, 0.717) is 6.54 Å². The van der Waals surface area contributed by atoms with E-state index in [1.807, 2.05) is 12.1 Å². The lowest BCUT2D eigenvalue weighted by atomic mass is 9.89. The molecule has 5 heteroatoms. The third-order valence-electron chi connectivity index (χ3n) is 4.85. The molecule has 4 nitrogen and oxygen atoms in total. The maximum Gasteiger partial charge on any atom is 0.275 e. The molecule has 3 rings (SSSR count). The Morgan fingerprint density at radius 3 is 2.85 bits per heavy atom. The highest BCUT2D eigenvalue weighted by atomic mass is 79.9. The van der Waals surface area contributed by atoms with Crippen LogP contribution in [-0.2, 0) is 6.54 Å². The van der Waals surface area contributed by atoms with E-state index < -0.39 is 0 Å². The lowest BCUT2D eigenvalue weighted by Crippen LogP contribution is -2.26. The molecule has 0 aromatic heterocycles. The van der Waals surface area contributed by atoms with Gasteiger partial charge in [0.1, 0.15) is 0 Å². The summed E-state index contributed by atoms with van der Waals surface area (Å²) in [5.41, 5.74) is 0.959. The average molecular weight is 339 g/mol.